The fourth-order valence-corrected chi connectivity index (χ4v) is 5.61. The predicted octanol–water partition coefficient (Wildman–Crippen LogP) is 9.54. The van der Waals surface area contributed by atoms with Gasteiger partial charge in [-0.15, -0.1) is 0 Å². The maximum Gasteiger partial charge on any atom is 0.146 e. The number of phenols is 1. The van der Waals surface area contributed by atoms with Gasteiger partial charge in [0.1, 0.15) is 17.2 Å². The first-order chi connectivity index (χ1) is 20.6. The smallest absolute Gasteiger partial charge is 0.146 e. The summed E-state index contributed by atoms with van der Waals surface area (Å²) in [5, 5.41) is 12.9. The van der Waals surface area contributed by atoms with Gasteiger partial charge in [0.2, 0.25) is 0 Å². The maximum atomic E-state index is 10.8. The lowest BCUT2D eigenvalue weighted by Gasteiger charge is -2.25. The quantitative estimate of drug-likeness (QED) is 0.226. The molecule has 4 aromatic carbocycles. The van der Waals surface area contributed by atoms with Crippen molar-refractivity contribution in [3.05, 3.63) is 139 Å². The summed E-state index contributed by atoms with van der Waals surface area (Å²) >= 11 is 0. The Hall–Kier alpha value is -5.42. The van der Waals surface area contributed by atoms with Crippen LogP contribution in [0.2, 0.25) is 0 Å². The average molecular weight is 547 g/mol. The number of anilines is 3. The Bertz CT molecular complexity index is 2050. The molecule has 0 bridgehead atoms. The molecule has 0 radical (unpaired) electrons. The Morgan fingerprint density at radius 3 is 2.29 bits per heavy atom. The van der Waals surface area contributed by atoms with Crippen LogP contribution in [0.25, 0.3) is 38.9 Å². The van der Waals surface area contributed by atoms with E-state index in [4.69, 9.17) is 9.97 Å². The number of phenolic OH excluding ortho intramolecular Hbond substituents is 1. The molecule has 0 saturated carbocycles. The van der Waals surface area contributed by atoms with E-state index in [1.54, 1.807) is 6.07 Å². The number of fused-ring (bicyclic) bond motifs is 3. The zero-order chi connectivity index (χ0) is 28.6. The van der Waals surface area contributed by atoms with Gasteiger partial charge in [-0.05, 0) is 78.2 Å². The fourth-order valence-electron chi connectivity index (χ4n) is 5.61. The maximum absolute atomic E-state index is 10.8. The third kappa shape index (κ3) is 4.45. The van der Waals surface area contributed by atoms with Gasteiger partial charge in [-0.25, -0.2) is 9.97 Å². The molecule has 3 heterocycles. The van der Waals surface area contributed by atoms with E-state index in [9.17, 15) is 5.11 Å². The molecular weight excluding hydrogens is 516 g/mol. The van der Waals surface area contributed by atoms with Crippen LogP contribution in [0.1, 0.15) is 25.3 Å². The zero-order valence-electron chi connectivity index (χ0n) is 23.5. The highest BCUT2D eigenvalue weighted by Crippen LogP contribution is 2.38. The molecule has 0 amide bonds. The molecule has 0 atom stereocenters. The minimum atomic E-state index is 0.212. The minimum Gasteiger partial charge on any atom is -0.506 e. The van der Waals surface area contributed by atoms with E-state index in [-0.39, 0.29) is 5.75 Å². The number of aromatic nitrogens is 3. The number of para-hydroxylation sites is 4. The van der Waals surface area contributed by atoms with E-state index in [0.717, 1.165) is 50.4 Å². The summed E-state index contributed by atoms with van der Waals surface area (Å²) < 4.78 is 2.05. The number of rotatable bonds is 6. The van der Waals surface area contributed by atoms with Crippen molar-refractivity contribution in [2.75, 3.05) is 4.90 Å². The Kier molecular flexibility index (Phi) is 6.40. The Morgan fingerprint density at radius 1 is 0.690 bits per heavy atom. The van der Waals surface area contributed by atoms with Crippen molar-refractivity contribution in [2.24, 2.45) is 0 Å². The highest BCUT2D eigenvalue weighted by Gasteiger charge is 2.18. The van der Waals surface area contributed by atoms with Crippen LogP contribution in [0, 0.1) is 0 Å². The molecule has 7 rings (SSSR count). The molecule has 0 aliphatic carbocycles. The first-order valence-corrected chi connectivity index (χ1v) is 14.2. The molecule has 7 aromatic rings. The van der Waals surface area contributed by atoms with Crippen LogP contribution in [0.15, 0.2) is 134 Å². The van der Waals surface area contributed by atoms with E-state index in [0.29, 0.717) is 11.6 Å². The molecule has 0 spiro atoms. The van der Waals surface area contributed by atoms with Crippen LogP contribution < -0.4 is 4.90 Å². The van der Waals surface area contributed by atoms with E-state index in [2.05, 4.69) is 91.5 Å². The summed E-state index contributed by atoms with van der Waals surface area (Å²) in [7, 11) is 0. The van der Waals surface area contributed by atoms with Gasteiger partial charge in [0.25, 0.3) is 0 Å². The van der Waals surface area contributed by atoms with Gasteiger partial charge in [0.15, 0.2) is 0 Å². The van der Waals surface area contributed by atoms with E-state index < -0.39 is 0 Å². The highest BCUT2D eigenvalue weighted by atomic mass is 16.3. The second-order valence-corrected chi connectivity index (χ2v) is 10.7. The number of pyridine rings is 2. The average Bonchev–Trinajstić information content (AvgIpc) is 3.36. The second-order valence-electron chi connectivity index (χ2n) is 10.7. The van der Waals surface area contributed by atoms with Gasteiger partial charge < -0.3 is 5.11 Å². The van der Waals surface area contributed by atoms with Crippen LogP contribution in [-0.2, 0) is 0 Å². The zero-order valence-corrected chi connectivity index (χ0v) is 23.5. The third-order valence-corrected chi connectivity index (χ3v) is 7.72. The summed E-state index contributed by atoms with van der Waals surface area (Å²) in [5.74, 6) is 1.47. The van der Waals surface area contributed by atoms with Crippen molar-refractivity contribution in [3.63, 3.8) is 0 Å². The lowest BCUT2D eigenvalue weighted by molar-refractivity contribution is 0.473. The van der Waals surface area contributed by atoms with Gasteiger partial charge in [-0.3, -0.25) is 9.47 Å². The number of aromatic hydroxyl groups is 1. The normalized spacial score (nSPS) is 11.4. The molecule has 42 heavy (non-hydrogen) atoms. The molecule has 5 heteroatoms. The summed E-state index contributed by atoms with van der Waals surface area (Å²) in [6, 6.07) is 42.8. The Balaban J connectivity index is 1.40. The van der Waals surface area contributed by atoms with E-state index >= 15 is 0 Å². The lowest BCUT2D eigenvalue weighted by atomic mass is 10.0. The van der Waals surface area contributed by atoms with Crippen LogP contribution in [0.5, 0.6) is 5.75 Å². The van der Waals surface area contributed by atoms with Crippen molar-refractivity contribution < 1.29 is 5.11 Å². The van der Waals surface area contributed by atoms with Crippen molar-refractivity contribution >= 4 is 39.1 Å². The second kappa shape index (κ2) is 10.5. The lowest BCUT2D eigenvalue weighted by Crippen LogP contribution is -2.12. The van der Waals surface area contributed by atoms with Gasteiger partial charge in [-0.1, -0.05) is 74.5 Å². The molecule has 3 aromatic heterocycles. The van der Waals surface area contributed by atoms with Crippen LogP contribution >= 0.6 is 0 Å². The molecular formula is C37H30N4O. The van der Waals surface area contributed by atoms with E-state index in [1.165, 1.54) is 5.56 Å². The van der Waals surface area contributed by atoms with Crippen molar-refractivity contribution in [3.8, 4) is 22.7 Å². The molecule has 0 aliphatic heterocycles. The SMILES string of the molecule is CC(C)c1ccnc(N(c2ccccc2)c2cccc(-c3ccc4c5ccccc5n(-c5ccccc5O)c4n3)c2)c1. The van der Waals surface area contributed by atoms with Crippen LogP contribution in [0.4, 0.5) is 17.2 Å². The first-order valence-electron chi connectivity index (χ1n) is 14.2. The predicted molar refractivity (Wildman–Crippen MR) is 172 cm³/mol. The number of hydrogen-bond acceptors (Lipinski definition) is 4. The molecule has 0 aliphatic rings. The molecule has 5 nitrogen and oxygen atoms in total. The standard InChI is InChI=1S/C37H30N4O/c1-25(2)26-21-22-38-36(24-26)40(28-12-4-3-5-13-28)29-14-10-11-27(23-29)32-20-19-31-30-15-6-7-16-33(30)41(37(31)39-32)34-17-8-9-18-35(34)42/h3-25,42H,1-2H3. The molecule has 0 unspecified atom stereocenters. The Labute approximate surface area is 245 Å². The largest absolute Gasteiger partial charge is 0.506 e. The molecule has 0 fully saturated rings. The highest BCUT2D eigenvalue weighted by molar-refractivity contribution is 6.08. The van der Waals surface area contributed by atoms with Crippen molar-refractivity contribution in [1.82, 2.24) is 14.5 Å². The number of hydrogen-bond donors (Lipinski definition) is 1. The topological polar surface area (TPSA) is 54.2 Å². The summed E-state index contributed by atoms with van der Waals surface area (Å²) in [4.78, 5) is 12.2. The minimum absolute atomic E-state index is 0.212. The monoisotopic (exact) mass is 546 g/mol. The third-order valence-electron chi connectivity index (χ3n) is 7.72. The molecule has 204 valence electrons. The van der Waals surface area contributed by atoms with Gasteiger partial charge in [0.05, 0.1) is 16.9 Å². The Morgan fingerprint density at radius 2 is 1.45 bits per heavy atom. The molecule has 0 saturated heterocycles. The molecule has 1 N–H and O–H groups in total. The summed E-state index contributed by atoms with van der Waals surface area (Å²) in [5.41, 5.74) is 7.60. The van der Waals surface area contributed by atoms with Crippen molar-refractivity contribution in [2.45, 2.75) is 19.8 Å². The summed E-state index contributed by atoms with van der Waals surface area (Å²) in [6.45, 7) is 4.39. The fraction of sp³-hybridized carbons (Fsp3) is 0.0811. The number of nitrogens with zero attached hydrogens (tertiary/aromatic N) is 4. The van der Waals surface area contributed by atoms with Gasteiger partial charge in [0, 0.05) is 33.9 Å². The van der Waals surface area contributed by atoms with Crippen LogP contribution in [-0.4, -0.2) is 19.6 Å². The number of benzene rings is 4. The summed E-state index contributed by atoms with van der Waals surface area (Å²) in [6.07, 6.45) is 1.89. The van der Waals surface area contributed by atoms with Crippen LogP contribution in [0.3, 0.4) is 0 Å². The van der Waals surface area contributed by atoms with E-state index in [1.807, 2.05) is 59.3 Å². The van der Waals surface area contributed by atoms with Gasteiger partial charge >= 0.3 is 0 Å². The van der Waals surface area contributed by atoms with Gasteiger partial charge in [-0.2, -0.15) is 0 Å². The first kappa shape index (κ1) is 25.5. The van der Waals surface area contributed by atoms with Crippen molar-refractivity contribution in [1.29, 1.82) is 0 Å².